The molecule has 0 heterocycles. The summed E-state index contributed by atoms with van der Waals surface area (Å²) in [5, 5.41) is 9.46. The van der Waals surface area contributed by atoms with Gasteiger partial charge in [-0.1, -0.05) is 141 Å². The normalized spacial score (nSPS) is 12.7. The Morgan fingerprint density at radius 2 is 0.918 bits per heavy atom. The quantitative estimate of drug-likeness (QED) is 0.0304. The number of aliphatic hydroxyl groups is 1. The Hall–Kier alpha value is -1.66. The number of allylic oxidation sites excluding steroid dienone is 4. The molecule has 0 aliphatic heterocycles. The third-order valence-electron chi connectivity index (χ3n) is 9.42. The van der Waals surface area contributed by atoms with Crippen molar-refractivity contribution in [1.29, 1.82) is 0 Å². The highest BCUT2D eigenvalue weighted by molar-refractivity contribution is 5.70. The van der Waals surface area contributed by atoms with Gasteiger partial charge in [-0.3, -0.25) is 9.59 Å². The lowest BCUT2D eigenvalue weighted by atomic mass is 10.1. The van der Waals surface area contributed by atoms with E-state index in [2.05, 4.69) is 38.2 Å². The van der Waals surface area contributed by atoms with Crippen LogP contribution in [0.15, 0.2) is 24.3 Å². The molecule has 0 bridgehead atoms. The van der Waals surface area contributed by atoms with Crippen LogP contribution >= 0.6 is 0 Å². The number of esters is 2. The molecule has 0 radical (unpaired) electrons. The molecule has 1 atom stereocenters. The SMILES string of the molecule is CCCCCCCC/C=C/CCCCCCCC(=O)OCC(C[N+](C)(C)CCO)OC(=O)CCCCCCC/C=C/CCCCCCCC. The summed E-state index contributed by atoms with van der Waals surface area (Å²) in [5.41, 5.74) is 0. The van der Waals surface area contributed by atoms with E-state index < -0.39 is 6.10 Å². The Balaban J connectivity index is 4.07. The lowest BCUT2D eigenvalue weighted by Crippen LogP contribution is -2.49. The average Bonchev–Trinajstić information content (AvgIpc) is 3.07. The molecule has 0 amide bonds. The van der Waals surface area contributed by atoms with Gasteiger partial charge in [0, 0.05) is 12.8 Å². The maximum atomic E-state index is 12.7. The van der Waals surface area contributed by atoms with Crippen LogP contribution in [0.2, 0.25) is 0 Å². The molecule has 288 valence electrons. The van der Waals surface area contributed by atoms with Gasteiger partial charge in [-0.2, -0.15) is 0 Å². The Bertz CT molecular complexity index is 793. The minimum Gasteiger partial charge on any atom is -0.461 e. The van der Waals surface area contributed by atoms with Crippen molar-refractivity contribution in [2.75, 3.05) is 40.4 Å². The van der Waals surface area contributed by atoms with Crippen LogP contribution in [0, 0.1) is 0 Å². The van der Waals surface area contributed by atoms with Gasteiger partial charge in [0.2, 0.25) is 0 Å². The number of quaternary nitrogens is 1. The van der Waals surface area contributed by atoms with Crippen molar-refractivity contribution in [2.45, 2.75) is 200 Å². The summed E-state index contributed by atoms with van der Waals surface area (Å²) in [6.07, 6.45) is 41.4. The molecule has 6 nitrogen and oxygen atoms in total. The Labute approximate surface area is 304 Å². The van der Waals surface area contributed by atoms with Crippen molar-refractivity contribution in [3.05, 3.63) is 24.3 Å². The van der Waals surface area contributed by atoms with E-state index in [0.717, 1.165) is 51.4 Å². The van der Waals surface area contributed by atoms with Crippen molar-refractivity contribution in [2.24, 2.45) is 0 Å². The lowest BCUT2D eigenvalue weighted by molar-refractivity contribution is -0.893. The van der Waals surface area contributed by atoms with Gasteiger partial charge in [0.25, 0.3) is 0 Å². The highest BCUT2D eigenvalue weighted by Crippen LogP contribution is 2.14. The first kappa shape index (κ1) is 47.3. The molecule has 0 aromatic rings. The molecule has 1 unspecified atom stereocenters. The Morgan fingerprint density at radius 1 is 0.551 bits per heavy atom. The van der Waals surface area contributed by atoms with Crippen LogP contribution in [0.4, 0.5) is 0 Å². The smallest absolute Gasteiger partial charge is 0.306 e. The van der Waals surface area contributed by atoms with Gasteiger partial charge in [-0.05, 0) is 64.2 Å². The standard InChI is InChI=1S/C43H82NO5/c1-5-7-9-11-13-15-17-19-21-23-25-27-29-31-33-35-42(46)48-40-41(39-44(3,4)37-38-45)49-43(47)36-34-32-30-28-26-24-22-20-18-16-14-12-10-8-6-2/h19-22,41,45H,5-18,23-40H2,1-4H3/q+1/b21-19+,22-20+. The summed E-state index contributed by atoms with van der Waals surface area (Å²) in [6.45, 7) is 5.70. The molecule has 0 saturated carbocycles. The Morgan fingerprint density at radius 3 is 1.33 bits per heavy atom. The summed E-state index contributed by atoms with van der Waals surface area (Å²) < 4.78 is 11.9. The van der Waals surface area contributed by atoms with Gasteiger partial charge < -0.3 is 19.1 Å². The van der Waals surface area contributed by atoms with Crippen LogP contribution in [0.25, 0.3) is 0 Å². The van der Waals surface area contributed by atoms with E-state index in [9.17, 15) is 14.7 Å². The fraction of sp³-hybridized carbons (Fsp3) is 0.860. The molecule has 0 aromatic carbocycles. The Kier molecular flexibility index (Phi) is 34.9. The van der Waals surface area contributed by atoms with E-state index in [1.165, 1.54) is 116 Å². The number of carbonyl (C=O) groups is 2. The van der Waals surface area contributed by atoms with Crippen LogP contribution in [-0.2, 0) is 19.1 Å². The molecule has 49 heavy (non-hydrogen) atoms. The number of ether oxygens (including phenoxy) is 2. The molecular weight excluding hydrogens is 610 g/mol. The monoisotopic (exact) mass is 693 g/mol. The van der Waals surface area contributed by atoms with Gasteiger partial charge in [-0.25, -0.2) is 0 Å². The molecule has 0 aromatic heterocycles. The van der Waals surface area contributed by atoms with E-state index in [0.29, 0.717) is 30.4 Å². The molecule has 0 aliphatic rings. The van der Waals surface area contributed by atoms with E-state index in [1.54, 1.807) is 0 Å². The number of aliphatic hydroxyl groups excluding tert-OH is 1. The third kappa shape index (κ3) is 36.0. The number of unbranched alkanes of at least 4 members (excludes halogenated alkanes) is 22. The first-order valence-electron chi connectivity index (χ1n) is 20.9. The number of likely N-dealkylation sites (N-methyl/N-ethyl adjacent to an activating group) is 1. The predicted octanol–water partition coefficient (Wildman–Crippen LogP) is 11.6. The number of hydrogen-bond acceptors (Lipinski definition) is 5. The molecule has 0 rings (SSSR count). The number of rotatable bonds is 37. The van der Waals surface area contributed by atoms with Gasteiger partial charge in [0.15, 0.2) is 6.10 Å². The van der Waals surface area contributed by atoms with Crippen molar-refractivity contribution in [1.82, 2.24) is 0 Å². The summed E-state index contributed by atoms with van der Waals surface area (Å²) in [4.78, 5) is 25.1. The van der Waals surface area contributed by atoms with Gasteiger partial charge in [0.05, 0.1) is 20.7 Å². The maximum absolute atomic E-state index is 12.7. The van der Waals surface area contributed by atoms with E-state index in [-0.39, 0.29) is 25.2 Å². The van der Waals surface area contributed by atoms with Crippen molar-refractivity contribution in [3.63, 3.8) is 0 Å². The summed E-state index contributed by atoms with van der Waals surface area (Å²) in [6, 6.07) is 0. The zero-order valence-electron chi connectivity index (χ0n) is 33.0. The fourth-order valence-corrected chi connectivity index (χ4v) is 6.22. The minimum absolute atomic E-state index is 0.0534. The number of nitrogens with zero attached hydrogens (tertiary/aromatic N) is 1. The van der Waals surface area contributed by atoms with Crippen LogP contribution in [0.1, 0.15) is 194 Å². The number of hydrogen-bond donors (Lipinski definition) is 1. The third-order valence-corrected chi connectivity index (χ3v) is 9.42. The molecule has 0 saturated heterocycles. The first-order valence-corrected chi connectivity index (χ1v) is 20.9. The molecule has 0 fully saturated rings. The van der Waals surface area contributed by atoms with Crippen LogP contribution < -0.4 is 0 Å². The fourth-order valence-electron chi connectivity index (χ4n) is 6.22. The lowest BCUT2D eigenvalue weighted by Gasteiger charge is -2.32. The summed E-state index contributed by atoms with van der Waals surface area (Å²) in [5.74, 6) is -0.441. The highest BCUT2D eigenvalue weighted by Gasteiger charge is 2.26. The number of carbonyl (C=O) groups excluding carboxylic acids is 2. The van der Waals surface area contributed by atoms with E-state index in [1.807, 2.05) is 14.1 Å². The first-order chi connectivity index (χ1) is 23.8. The molecule has 0 aliphatic carbocycles. The van der Waals surface area contributed by atoms with E-state index in [4.69, 9.17) is 9.47 Å². The second kappa shape index (κ2) is 36.1. The van der Waals surface area contributed by atoms with Crippen LogP contribution in [-0.4, -0.2) is 68.0 Å². The van der Waals surface area contributed by atoms with Gasteiger partial charge in [0.1, 0.15) is 19.7 Å². The molecule has 1 N–H and O–H groups in total. The maximum Gasteiger partial charge on any atom is 0.306 e. The second-order valence-corrected chi connectivity index (χ2v) is 15.0. The zero-order chi connectivity index (χ0) is 36.1. The molecule has 6 heteroatoms. The zero-order valence-corrected chi connectivity index (χ0v) is 33.0. The van der Waals surface area contributed by atoms with Gasteiger partial charge >= 0.3 is 11.9 Å². The van der Waals surface area contributed by atoms with Crippen molar-refractivity contribution < 1.29 is 28.7 Å². The van der Waals surface area contributed by atoms with Crippen LogP contribution in [0.3, 0.4) is 0 Å². The topological polar surface area (TPSA) is 72.8 Å². The van der Waals surface area contributed by atoms with Crippen molar-refractivity contribution >= 4 is 11.9 Å². The summed E-state index contributed by atoms with van der Waals surface area (Å²) >= 11 is 0. The highest BCUT2D eigenvalue weighted by atomic mass is 16.6. The second-order valence-electron chi connectivity index (χ2n) is 15.0. The molecular formula is C43H82NO5+. The average molecular weight is 693 g/mol. The predicted molar refractivity (Wildman–Crippen MR) is 209 cm³/mol. The summed E-state index contributed by atoms with van der Waals surface area (Å²) in [7, 11) is 3.99. The minimum atomic E-state index is -0.504. The van der Waals surface area contributed by atoms with Crippen molar-refractivity contribution in [3.8, 4) is 0 Å². The van der Waals surface area contributed by atoms with E-state index >= 15 is 0 Å². The molecule has 0 spiro atoms. The van der Waals surface area contributed by atoms with Crippen LogP contribution in [0.5, 0.6) is 0 Å². The largest absolute Gasteiger partial charge is 0.461 e. The van der Waals surface area contributed by atoms with Gasteiger partial charge in [-0.15, -0.1) is 0 Å².